The van der Waals surface area contributed by atoms with Crippen LogP contribution in [-0.2, 0) is 0 Å². The Morgan fingerprint density at radius 1 is 1.30 bits per heavy atom. The topological polar surface area (TPSA) is 87.9 Å². The number of carbonyl (C=O) groups is 1. The van der Waals surface area contributed by atoms with Crippen molar-refractivity contribution in [3.63, 3.8) is 0 Å². The standard InChI is InChI=1S/C16H16N4O2S/c17-10-13-16(19-8-7-18-13)22-12-5-3-11(4-6-12)20-15(21)14-2-1-9-23-14/h1-2,7-9,11-12H,3-6H2,(H,20,21). The summed E-state index contributed by atoms with van der Waals surface area (Å²) in [6, 6.07) is 5.85. The van der Waals surface area contributed by atoms with Gasteiger partial charge in [-0.1, -0.05) is 6.07 Å². The fourth-order valence-corrected chi connectivity index (χ4v) is 3.26. The summed E-state index contributed by atoms with van der Waals surface area (Å²) in [6.45, 7) is 0. The Labute approximate surface area is 138 Å². The molecular weight excluding hydrogens is 312 g/mol. The Kier molecular flexibility index (Phi) is 4.83. The number of ether oxygens (including phenoxy) is 1. The van der Waals surface area contributed by atoms with Crippen molar-refractivity contribution in [3.05, 3.63) is 40.5 Å². The summed E-state index contributed by atoms with van der Waals surface area (Å²) in [6.07, 6.45) is 6.33. The van der Waals surface area contributed by atoms with Gasteiger partial charge in [0.15, 0.2) is 0 Å². The first-order chi connectivity index (χ1) is 11.3. The van der Waals surface area contributed by atoms with E-state index in [9.17, 15) is 4.79 Å². The minimum Gasteiger partial charge on any atom is -0.472 e. The maximum absolute atomic E-state index is 12.0. The van der Waals surface area contributed by atoms with Crippen molar-refractivity contribution in [2.24, 2.45) is 0 Å². The summed E-state index contributed by atoms with van der Waals surface area (Å²) >= 11 is 1.44. The zero-order valence-electron chi connectivity index (χ0n) is 12.4. The number of carbonyl (C=O) groups excluding carboxylic acids is 1. The third kappa shape index (κ3) is 3.85. The monoisotopic (exact) mass is 328 g/mol. The van der Waals surface area contributed by atoms with Crippen LogP contribution < -0.4 is 10.1 Å². The lowest BCUT2D eigenvalue weighted by atomic mass is 9.93. The molecule has 0 aromatic carbocycles. The molecule has 6 nitrogen and oxygen atoms in total. The molecule has 1 aliphatic rings. The molecule has 1 saturated carbocycles. The van der Waals surface area contributed by atoms with Gasteiger partial charge in [0.25, 0.3) is 11.8 Å². The molecule has 0 spiro atoms. The predicted octanol–water partition coefficient (Wildman–Crippen LogP) is 2.53. The molecule has 0 atom stereocenters. The van der Waals surface area contributed by atoms with E-state index in [1.54, 1.807) is 0 Å². The Morgan fingerprint density at radius 2 is 2.09 bits per heavy atom. The fourth-order valence-electron chi connectivity index (χ4n) is 2.64. The summed E-state index contributed by atoms with van der Waals surface area (Å²) in [5, 5.41) is 14.0. The fraction of sp³-hybridized carbons (Fsp3) is 0.375. The van der Waals surface area contributed by atoms with Crippen LogP contribution >= 0.6 is 11.3 Å². The molecule has 2 aromatic rings. The van der Waals surface area contributed by atoms with E-state index in [-0.39, 0.29) is 23.7 Å². The van der Waals surface area contributed by atoms with Gasteiger partial charge in [-0.15, -0.1) is 11.3 Å². The average molecular weight is 328 g/mol. The van der Waals surface area contributed by atoms with E-state index in [1.165, 1.54) is 23.7 Å². The molecule has 0 bridgehead atoms. The largest absolute Gasteiger partial charge is 0.472 e. The van der Waals surface area contributed by atoms with E-state index in [0.717, 1.165) is 30.6 Å². The van der Waals surface area contributed by atoms with Crippen molar-refractivity contribution in [1.82, 2.24) is 15.3 Å². The Morgan fingerprint density at radius 3 is 2.78 bits per heavy atom. The number of nitriles is 1. The van der Waals surface area contributed by atoms with Crippen molar-refractivity contribution in [3.8, 4) is 11.9 Å². The molecular formula is C16H16N4O2S. The van der Waals surface area contributed by atoms with E-state index in [4.69, 9.17) is 10.00 Å². The van der Waals surface area contributed by atoms with Gasteiger partial charge in [0, 0.05) is 18.4 Å². The highest BCUT2D eigenvalue weighted by molar-refractivity contribution is 7.12. The number of aromatic nitrogens is 2. The van der Waals surface area contributed by atoms with Gasteiger partial charge in [-0.05, 0) is 37.1 Å². The number of thiophene rings is 1. The van der Waals surface area contributed by atoms with Gasteiger partial charge in [-0.3, -0.25) is 4.79 Å². The van der Waals surface area contributed by atoms with Crippen LogP contribution in [0.3, 0.4) is 0 Å². The van der Waals surface area contributed by atoms with E-state index in [1.807, 2.05) is 23.6 Å². The molecule has 0 unspecified atom stereocenters. The molecule has 2 aromatic heterocycles. The molecule has 23 heavy (non-hydrogen) atoms. The molecule has 118 valence electrons. The van der Waals surface area contributed by atoms with Crippen LogP contribution in [0.4, 0.5) is 0 Å². The lowest BCUT2D eigenvalue weighted by Crippen LogP contribution is -2.39. The van der Waals surface area contributed by atoms with Gasteiger partial charge >= 0.3 is 0 Å². The van der Waals surface area contributed by atoms with E-state index in [2.05, 4.69) is 15.3 Å². The predicted molar refractivity (Wildman–Crippen MR) is 85.2 cm³/mol. The smallest absolute Gasteiger partial charge is 0.261 e. The maximum Gasteiger partial charge on any atom is 0.261 e. The third-order valence-electron chi connectivity index (χ3n) is 3.80. The van der Waals surface area contributed by atoms with Gasteiger partial charge in [0.1, 0.15) is 12.2 Å². The van der Waals surface area contributed by atoms with Gasteiger partial charge in [-0.25, -0.2) is 9.97 Å². The zero-order chi connectivity index (χ0) is 16.1. The third-order valence-corrected chi connectivity index (χ3v) is 4.67. The average Bonchev–Trinajstić information content (AvgIpc) is 3.12. The number of amides is 1. The van der Waals surface area contributed by atoms with Gasteiger partial charge < -0.3 is 10.1 Å². The summed E-state index contributed by atoms with van der Waals surface area (Å²) in [5.41, 5.74) is 0.209. The van der Waals surface area contributed by atoms with Crippen LogP contribution in [0.5, 0.6) is 5.88 Å². The second-order valence-corrected chi connectivity index (χ2v) is 6.31. The minimum absolute atomic E-state index is 0.00805. The van der Waals surface area contributed by atoms with Crippen molar-refractivity contribution >= 4 is 17.2 Å². The van der Waals surface area contributed by atoms with Crippen LogP contribution in [0, 0.1) is 11.3 Å². The van der Waals surface area contributed by atoms with Gasteiger partial charge in [0.2, 0.25) is 5.69 Å². The molecule has 0 saturated heterocycles. The molecule has 1 amide bonds. The normalized spacial score (nSPS) is 20.5. The Balaban J connectivity index is 1.51. The first kappa shape index (κ1) is 15.4. The summed E-state index contributed by atoms with van der Waals surface area (Å²) in [5.74, 6) is 0.283. The maximum atomic E-state index is 12.0. The van der Waals surface area contributed by atoms with Crippen molar-refractivity contribution in [2.75, 3.05) is 0 Å². The number of hydrogen-bond donors (Lipinski definition) is 1. The number of nitrogens with one attached hydrogen (secondary N) is 1. The van der Waals surface area contributed by atoms with Gasteiger partial charge in [0.05, 0.1) is 4.88 Å². The number of nitrogens with zero attached hydrogens (tertiary/aromatic N) is 3. The van der Waals surface area contributed by atoms with E-state index >= 15 is 0 Å². The molecule has 0 radical (unpaired) electrons. The second-order valence-electron chi connectivity index (χ2n) is 5.36. The van der Waals surface area contributed by atoms with Crippen LogP contribution in [0.1, 0.15) is 41.0 Å². The van der Waals surface area contributed by atoms with Crippen molar-refractivity contribution < 1.29 is 9.53 Å². The lowest BCUT2D eigenvalue weighted by molar-refractivity contribution is 0.0893. The Hall–Kier alpha value is -2.46. The van der Waals surface area contributed by atoms with Gasteiger partial charge in [-0.2, -0.15) is 5.26 Å². The van der Waals surface area contributed by atoms with Crippen molar-refractivity contribution in [1.29, 1.82) is 5.26 Å². The molecule has 0 aliphatic heterocycles. The minimum atomic E-state index is -0.00920. The molecule has 2 heterocycles. The highest BCUT2D eigenvalue weighted by atomic mass is 32.1. The van der Waals surface area contributed by atoms with Crippen LogP contribution in [0.25, 0.3) is 0 Å². The second kappa shape index (κ2) is 7.20. The molecule has 1 N–H and O–H groups in total. The van der Waals surface area contributed by atoms with Crippen LogP contribution in [0.2, 0.25) is 0 Å². The summed E-state index contributed by atoms with van der Waals surface area (Å²) < 4.78 is 5.80. The molecule has 1 fully saturated rings. The summed E-state index contributed by atoms with van der Waals surface area (Å²) in [4.78, 5) is 20.8. The number of hydrogen-bond acceptors (Lipinski definition) is 6. The molecule has 1 aliphatic carbocycles. The Bertz CT molecular complexity index is 703. The first-order valence-electron chi connectivity index (χ1n) is 7.48. The molecule has 7 heteroatoms. The van der Waals surface area contributed by atoms with Crippen LogP contribution in [-0.4, -0.2) is 28.0 Å². The highest BCUT2D eigenvalue weighted by Crippen LogP contribution is 2.24. The number of rotatable bonds is 4. The quantitative estimate of drug-likeness (QED) is 0.932. The summed E-state index contributed by atoms with van der Waals surface area (Å²) in [7, 11) is 0. The first-order valence-corrected chi connectivity index (χ1v) is 8.36. The van der Waals surface area contributed by atoms with Crippen molar-refractivity contribution in [2.45, 2.75) is 37.8 Å². The SMILES string of the molecule is N#Cc1nccnc1OC1CCC(NC(=O)c2cccs2)CC1. The van der Waals surface area contributed by atoms with E-state index in [0.29, 0.717) is 5.88 Å². The van der Waals surface area contributed by atoms with Crippen LogP contribution in [0.15, 0.2) is 29.9 Å². The van der Waals surface area contributed by atoms with E-state index < -0.39 is 0 Å². The highest BCUT2D eigenvalue weighted by Gasteiger charge is 2.25. The lowest BCUT2D eigenvalue weighted by Gasteiger charge is -2.29. The molecule has 3 rings (SSSR count). The zero-order valence-corrected chi connectivity index (χ0v) is 13.3.